The Kier molecular flexibility index (Phi) is 2.14. The van der Waals surface area contributed by atoms with Gasteiger partial charge in [-0.25, -0.2) is 0 Å². The van der Waals surface area contributed by atoms with Gasteiger partial charge in [-0.05, 0) is 6.92 Å². The van der Waals surface area contributed by atoms with Crippen molar-refractivity contribution in [2.24, 2.45) is 5.73 Å². The van der Waals surface area contributed by atoms with Crippen LogP contribution in [0.1, 0.15) is 6.92 Å². The summed E-state index contributed by atoms with van der Waals surface area (Å²) >= 11 is 0. The van der Waals surface area contributed by atoms with Crippen molar-refractivity contribution in [3.8, 4) is 0 Å². The lowest BCUT2D eigenvalue weighted by Crippen LogP contribution is -2.06. The first-order valence-electron chi connectivity index (χ1n) is 1.50. The van der Waals surface area contributed by atoms with Crippen molar-refractivity contribution in [1.82, 2.24) is 0 Å². The summed E-state index contributed by atoms with van der Waals surface area (Å²) in [6.07, 6.45) is -0.463. The highest BCUT2D eigenvalue weighted by Gasteiger charge is 1.82. The standard InChI is InChI=1S/C3H8NO/c1-3(5)2-4/h2-3,5H,4H2,1H3. The molecular formula is C3H8NO. The number of aliphatic hydroxyl groups is 1. The molecule has 0 aliphatic heterocycles. The van der Waals surface area contributed by atoms with Gasteiger partial charge < -0.3 is 10.8 Å². The third kappa shape index (κ3) is 3.92. The quantitative estimate of drug-likeness (QED) is 0.440. The van der Waals surface area contributed by atoms with Crippen molar-refractivity contribution < 1.29 is 5.11 Å². The Morgan fingerprint density at radius 2 is 2.20 bits per heavy atom. The lowest BCUT2D eigenvalue weighted by Gasteiger charge is -1.90. The van der Waals surface area contributed by atoms with Gasteiger partial charge in [-0.3, -0.25) is 0 Å². The fourth-order valence-electron chi connectivity index (χ4n) is 0. The minimum Gasteiger partial charge on any atom is -0.392 e. The van der Waals surface area contributed by atoms with Crippen LogP contribution in [-0.2, 0) is 0 Å². The summed E-state index contributed by atoms with van der Waals surface area (Å²) in [7, 11) is 0. The largest absolute Gasteiger partial charge is 0.392 e. The summed E-state index contributed by atoms with van der Waals surface area (Å²) < 4.78 is 0. The molecule has 0 aromatic heterocycles. The van der Waals surface area contributed by atoms with Crippen LogP contribution in [0.3, 0.4) is 0 Å². The summed E-state index contributed by atoms with van der Waals surface area (Å²) in [5, 5.41) is 8.18. The number of aliphatic hydroxyl groups excluding tert-OH is 1. The van der Waals surface area contributed by atoms with E-state index in [9.17, 15) is 0 Å². The van der Waals surface area contributed by atoms with E-state index < -0.39 is 6.10 Å². The zero-order valence-corrected chi connectivity index (χ0v) is 3.18. The Labute approximate surface area is 31.6 Å². The van der Waals surface area contributed by atoms with Crippen LogP contribution in [0.5, 0.6) is 0 Å². The van der Waals surface area contributed by atoms with Crippen LogP contribution in [0.15, 0.2) is 0 Å². The molecule has 0 aliphatic carbocycles. The van der Waals surface area contributed by atoms with Crippen LogP contribution in [-0.4, -0.2) is 11.2 Å². The highest BCUT2D eigenvalue weighted by molar-refractivity contribution is 4.58. The molecule has 0 aromatic rings. The monoisotopic (exact) mass is 74.1 g/mol. The molecule has 0 aliphatic rings. The van der Waals surface area contributed by atoms with E-state index in [0.717, 1.165) is 0 Å². The number of hydrogen-bond acceptors (Lipinski definition) is 2. The van der Waals surface area contributed by atoms with Gasteiger partial charge in [0.05, 0.1) is 6.10 Å². The van der Waals surface area contributed by atoms with E-state index in [1.807, 2.05) is 0 Å². The van der Waals surface area contributed by atoms with E-state index >= 15 is 0 Å². The van der Waals surface area contributed by atoms with Crippen LogP contribution in [0.4, 0.5) is 0 Å². The first-order valence-corrected chi connectivity index (χ1v) is 1.50. The Hall–Kier alpha value is -0.0800. The molecule has 0 saturated heterocycles. The van der Waals surface area contributed by atoms with Crippen LogP contribution < -0.4 is 5.73 Å². The van der Waals surface area contributed by atoms with Crippen molar-refractivity contribution in [2.75, 3.05) is 0 Å². The van der Waals surface area contributed by atoms with Crippen molar-refractivity contribution in [3.05, 3.63) is 6.54 Å². The zero-order chi connectivity index (χ0) is 4.28. The smallest absolute Gasteiger partial charge is 0.0679 e. The summed E-state index contributed by atoms with van der Waals surface area (Å²) in [5.74, 6) is 0. The highest BCUT2D eigenvalue weighted by Crippen LogP contribution is 1.72. The lowest BCUT2D eigenvalue weighted by atomic mass is 10.4. The maximum atomic E-state index is 8.18. The van der Waals surface area contributed by atoms with E-state index in [1.165, 1.54) is 6.54 Å². The molecule has 5 heavy (non-hydrogen) atoms. The van der Waals surface area contributed by atoms with Crippen molar-refractivity contribution in [3.63, 3.8) is 0 Å². The van der Waals surface area contributed by atoms with Crippen molar-refractivity contribution in [1.29, 1.82) is 0 Å². The van der Waals surface area contributed by atoms with Crippen LogP contribution in [0, 0.1) is 6.54 Å². The summed E-state index contributed by atoms with van der Waals surface area (Å²) in [6.45, 7) is 2.82. The van der Waals surface area contributed by atoms with E-state index in [1.54, 1.807) is 6.92 Å². The lowest BCUT2D eigenvalue weighted by molar-refractivity contribution is 0.226. The first kappa shape index (κ1) is 4.92. The molecule has 1 atom stereocenters. The Morgan fingerprint density at radius 3 is 2.20 bits per heavy atom. The van der Waals surface area contributed by atoms with Gasteiger partial charge in [0.15, 0.2) is 0 Å². The summed E-state index contributed by atoms with van der Waals surface area (Å²) in [5.41, 5.74) is 4.80. The minimum atomic E-state index is -0.463. The maximum absolute atomic E-state index is 8.18. The normalized spacial score (nSPS) is 15.0. The summed E-state index contributed by atoms with van der Waals surface area (Å²) in [6, 6.07) is 0. The third-order valence-electron chi connectivity index (χ3n) is 0.279. The topological polar surface area (TPSA) is 46.2 Å². The number of hydrogen-bond donors (Lipinski definition) is 2. The predicted molar refractivity (Wildman–Crippen MR) is 20.2 cm³/mol. The van der Waals surface area contributed by atoms with Gasteiger partial charge in [0.2, 0.25) is 0 Å². The molecule has 31 valence electrons. The second-order valence-electron chi connectivity index (χ2n) is 0.933. The van der Waals surface area contributed by atoms with Crippen LogP contribution in [0.25, 0.3) is 0 Å². The Bertz CT molecular complexity index is 20.9. The molecule has 2 heteroatoms. The zero-order valence-electron chi connectivity index (χ0n) is 3.18. The van der Waals surface area contributed by atoms with E-state index in [-0.39, 0.29) is 0 Å². The van der Waals surface area contributed by atoms with Gasteiger partial charge in [-0.1, -0.05) is 0 Å². The molecule has 0 amide bonds. The van der Waals surface area contributed by atoms with Crippen LogP contribution >= 0.6 is 0 Å². The van der Waals surface area contributed by atoms with E-state index in [2.05, 4.69) is 0 Å². The molecule has 0 aromatic carbocycles. The molecule has 3 N–H and O–H groups in total. The molecule has 0 fully saturated rings. The minimum absolute atomic E-state index is 0.463. The molecule has 1 unspecified atom stereocenters. The van der Waals surface area contributed by atoms with E-state index in [4.69, 9.17) is 10.8 Å². The molecule has 1 radical (unpaired) electrons. The molecular weight excluding hydrogens is 66.0 g/mol. The molecule has 0 spiro atoms. The Balaban J connectivity index is 2.54. The fraction of sp³-hybridized carbons (Fsp3) is 0.667. The average Bonchev–Trinajstić information content (AvgIpc) is 1.38. The SMILES string of the molecule is CC(O)[CH]N. The molecule has 0 bridgehead atoms. The molecule has 2 nitrogen and oxygen atoms in total. The number of rotatable bonds is 1. The van der Waals surface area contributed by atoms with Crippen molar-refractivity contribution in [2.45, 2.75) is 13.0 Å². The molecule has 0 saturated carbocycles. The van der Waals surface area contributed by atoms with Gasteiger partial charge in [0, 0.05) is 6.54 Å². The molecule has 0 rings (SSSR count). The average molecular weight is 74.1 g/mol. The number of nitrogens with two attached hydrogens (primary N) is 1. The van der Waals surface area contributed by atoms with Crippen LogP contribution in [0.2, 0.25) is 0 Å². The summed E-state index contributed by atoms with van der Waals surface area (Å²) in [4.78, 5) is 0. The fourth-order valence-corrected chi connectivity index (χ4v) is 0. The van der Waals surface area contributed by atoms with Gasteiger partial charge in [0.1, 0.15) is 0 Å². The maximum Gasteiger partial charge on any atom is 0.0679 e. The second-order valence-corrected chi connectivity index (χ2v) is 0.933. The van der Waals surface area contributed by atoms with Gasteiger partial charge in [-0.15, -0.1) is 0 Å². The molecule has 0 heterocycles. The second kappa shape index (κ2) is 2.18. The van der Waals surface area contributed by atoms with E-state index in [0.29, 0.717) is 0 Å². The van der Waals surface area contributed by atoms with Gasteiger partial charge in [-0.2, -0.15) is 0 Å². The van der Waals surface area contributed by atoms with Gasteiger partial charge >= 0.3 is 0 Å². The predicted octanol–water partition coefficient (Wildman–Crippen LogP) is -0.512. The first-order chi connectivity index (χ1) is 2.27. The third-order valence-corrected chi connectivity index (χ3v) is 0.279. The Morgan fingerprint density at radius 1 is 2.00 bits per heavy atom. The highest BCUT2D eigenvalue weighted by atomic mass is 16.3. The van der Waals surface area contributed by atoms with Crippen molar-refractivity contribution >= 4 is 0 Å². The van der Waals surface area contributed by atoms with Gasteiger partial charge in [0.25, 0.3) is 0 Å².